The van der Waals surface area contributed by atoms with Crippen LogP contribution >= 0.6 is 11.6 Å². The van der Waals surface area contributed by atoms with Crippen LogP contribution in [-0.4, -0.2) is 30.3 Å². The van der Waals surface area contributed by atoms with Crippen molar-refractivity contribution in [3.05, 3.63) is 48.5 Å². The zero-order valence-corrected chi connectivity index (χ0v) is 12.7. The molecule has 0 aliphatic heterocycles. The topological polar surface area (TPSA) is 38.7 Å². The number of aliphatic hydroxyl groups is 1. The van der Waals surface area contributed by atoms with Gasteiger partial charge in [-0.15, -0.1) is 11.6 Å². The SMILES string of the molecule is CCOc1ccc(-c2ccc(OCC(O)CCl)cc2)cc1. The summed E-state index contributed by atoms with van der Waals surface area (Å²) in [5, 5.41) is 9.35. The molecule has 0 heterocycles. The average molecular weight is 307 g/mol. The van der Waals surface area contributed by atoms with Gasteiger partial charge in [0.2, 0.25) is 0 Å². The lowest BCUT2D eigenvalue weighted by Crippen LogP contribution is -2.18. The normalized spacial score (nSPS) is 12.0. The molecule has 2 aromatic carbocycles. The van der Waals surface area contributed by atoms with Gasteiger partial charge in [0.1, 0.15) is 24.2 Å². The van der Waals surface area contributed by atoms with Gasteiger partial charge in [-0.3, -0.25) is 0 Å². The molecule has 0 amide bonds. The molecule has 0 aromatic heterocycles. The Bertz CT molecular complexity index is 537. The van der Waals surface area contributed by atoms with Crippen molar-refractivity contribution >= 4 is 11.6 Å². The van der Waals surface area contributed by atoms with Gasteiger partial charge in [-0.1, -0.05) is 24.3 Å². The fourth-order valence-electron chi connectivity index (χ4n) is 1.89. The van der Waals surface area contributed by atoms with E-state index in [1.54, 1.807) is 0 Å². The highest BCUT2D eigenvalue weighted by molar-refractivity contribution is 6.18. The monoisotopic (exact) mass is 306 g/mol. The van der Waals surface area contributed by atoms with Gasteiger partial charge in [-0.05, 0) is 42.3 Å². The van der Waals surface area contributed by atoms with Gasteiger partial charge in [0, 0.05) is 0 Å². The van der Waals surface area contributed by atoms with Gasteiger partial charge in [0.25, 0.3) is 0 Å². The van der Waals surface area contributed by atoms with Gasteiger partial charge in [-0.25, -0.2) is 0 Å². The van der Waals surface area contributed by atoms with Crippen molar-refractivity contribution in [1.82, 2.24) is 0 Å². The predicted molar refractivity (Wildman–Crippen MR) is 85.3 cm³/mol. The molecular weight excluding hydrogens is 288 g/mol. The van der Waals surface area contributed by atoms with E-state index in [0.717, 1.165) is 16.9 Å². The fraction of sp³-hybridized carbons (Fsp3) is 0.294. The molecule has 112 valence electrons. The maximum atomic E-state index is 9.35. The summed E-state index contributed by atoms with van der Waals surface area (Å²) in [6, 6.07) is 15.7. The van der Waals surface area contributed by atoms with Crippen LogP contribution in [0, 0.1) is 0 Å². The Balaban J connectivity index is 2.01. The number of aliphatic hydroxyl groups excluding tert-OH is 1. The highest BCUT2D eigenvalue weighted by Crippen LogP contribution is 2.24. The van der Waals surface area contributed by atoms with E-state index in [1.165, 1.54) is 0 Å². The molecule has 0 saturated heterocycles. The Morgan fingerprint density at radius 3 is 1.81 bits per heavy atom. The molecular formula is C17H19ClO3. The van der Waals surface area contributed by atoms with Crippen LogP contribution in [0.1, 0.15) is 6.92 Å². The highest BCUT2D eigenvalue weighted by Gasteiger charge is 2.04. The van der Waals surface area contributed by atoms with Crippen LogP contribution in [0.5, 0.6) is 11.5 Å². The number of ether oxygens (including phenoxy) is 2. The minimum absolute atomic E-state index is 0.171. The minimum atomic E-state index is -0.641. The molecule has 4 heteroatoms. The zero-order chi connectivity index (χ0) is 15.1. The van der Waals surface area contributed by atoms with E-state index in [1.807, 2.05) is 55.5 Å². The summed E-state index contributed by atoms with van der Waals surface area (Å²) in [4.78, 5) is 0. The third-order valence-electron chi connectivity index (χ3n) is 2.97. The molecule has 21 heavy (non-hydrogen) atoms. The van der Waals surface area contributed by atoms with Gasteiger partial charge >= 0.3 is 0 Å². The van der Waals surface area contributed by atoms with Gasteiger partial charge in [0.05, 0.1) is 12.5 Å². The number of hydrogen-bond acceptors (Lipinski definition) is 3. The standard InChI is InChI=1S/C17H19ClO3/c1-2-20-16-7-3-13(4-8-16)14-5-9-17(10-6-14)21-12-15(19)11-18/h3-10,15,19H,2,11-12H2,1H3. The fourth-order valence-corrected chi connectivity index (χ4v) is 1.98. The maximum absolute atomic E-state index is 9.35. The first-order valence-electron chi connectivity index (χ1n) is 6.93. The Kier molecular flexibility index (Phi) is 5.90. The molecule has 0 saturated carbocycles. The Labute approximate surface area is 130 Å². The second kappa shape index (κ2) is 7.91. The van der Waals surface area contributed by atoms with Crippen LogP contribution in [0.4, 0.5) is 0 Å². The summed E-state index contributed by atoms with van der Waals surface area (Å²) in [5.74, 6) is 1.76. The maximum Gasteiger partial charge on any atom is 0.119 e. The molecule has 1 unspecified atom stereocenters. The molecule has 0 bridgehead atoms. The summed E-state index contributed by atoms with van der Waals surface area (Å²) in [6.45, 7) is 2.83. The first-order chi connectivity index (χ1) is 10.2. The summed E-state index contributed by atoms with van der Waals surface area (Å²) >= 11 is 5.52. The van der Waals surface area contributed by atoms with Crippen molar-refractivity contribution in [2.75, 3.05) is 19.1 Å². The van der Waals surface area contributed by atoms with E-state index in [-0.39, 0.29) is 12.5 Å². The lowest BCUT2D eigenvalue weighted by atomic mass is 10.1. The van der Waals surface area contributed by atoms with Gasteiger partial charge in [-0.2, -0.15) is 0 Å². The molecule has 2 rings (SSSR count). The average Bonchev–Trinajstić information content (AvgIpc) is 2.54. The highest BCUT2D eigenvalue weighted by atomic mass is 35.5. The number of alkyl halides is 1. The van der Waals surface area contributed by atoms with Crippen LogP contribution in [-0.2, 0) is 0 Å². The molecule has 3 nitrogen and oxygen atoms in total. The zero-order valence-electron chi connectivity index (χ0n) is 12.0. The number of rotatable bonds is 7. The molecule has 0 aliphatic carbocycles. The molecule has 1 N–H and O–H groups in total. The van der Waals surface area contributed by atoms with Crippen molar-refractivity contribution in [3.8, 4) is 22.6 Å². The van der Waals surface area contributed by atoms with Crippen molar-refractivity contribution in [3.63, 3.8) is 0 Å². The number of halogens is 1. The first kappa shape index (κ1) is 15.7. The predicted octanol–water partition coefficient (Wildman–Crippen LogP) is 3.73. The van der Waals surface area contributed by atoms with Crippen molar-refractivity contribution in [2.45, 2.75) is 13.0 Å². The third-order valence-corrected chi connectivity index (χ3v) is 3.33. The van der Waals surface area contributed by atoms with Crippen LogP contribution in [0.2, 0.25) is 0 Å². The van der Waals surface area contributed by atoms with Crippen LogP contribution in [0.15, 0.2) is 48.5 Å². The van der Waals surface area contributed by atoms with Gasteiger partial charge in [0.15, 0.2) is 0 Å². The number of benzene rings is 2. The van der Waals surface area contributed by atoms with Crippen molar-refractivity contribution < 1.29 is 14.6 Å². The second-order valence-electron chi connectivity index (χ2n) is 4.60. The van der Waals surface area contributed by atoms with Crippen LogP contribution in [0.25, 0.3) is 11.1 Å². The molecule has 1 atom stereocenters. The van der Waals surface area contributed by atoms with Crippen molar-refractivity contribution in [1.29, 1.82) is 0 Å². The van der Waals surface area contributed by atoms with Crippen molar-refractivity contribution in [2.24, 2.45) is 0 Å². The summed E-state index contributed by atoms with van der Waals surface area (Å²) in [6.07, 6.45) is -0.641. The number of hydrogen-bond donors (Lipinski definition) is 1. The summed E-state index contributed by atoms with van der Waals surface area (Å²) in [7, 11) is 0. The third kappa shape index (κ3) is 4.66. The van der Waals surface area contributed by atoms with E-state index >= 15 is 0 Å². The second-order valence-corrected chi connectivity index (χ2v) is 4.91. The molecule has 2 aromatic rings. The molecule has 0 spiro atoms. The van der Waals surface area contributed by atoms with Gasteiger partial charge < -0.3 is 14.6 Å². The van der Waals surface area contributed by atoms with E-state index in [2.05, 4.69) is 0 Å². The van der Waals surface area contributed by atoms with E-state index in [4.69, 9.17) is 21.1 Å². The summed E-state index contributed by atoms with van der Waals surface area (Å²) < 4.78 is 10.9. The van der Waals surface area contributed by atoms with E-state index in [9.17, 15) is 5.11 Å². The Hall–Kier alpha value is -1.71. The lowest BCUT2D eigenvalue weighted by Gasteiger charge is -2.10. The molecule has 0 fully saturated rings. The molecule has 0 radical (unpaired) electrons. The Morgan fingerprint density at radius 2 is 1.38 bits per heavy atom. The molecule has 0 aliphatic rings. The quantitative estimate of drug-likeness (QED) is 0.792. The van der Waals surface area contributed by atoms with Crippen LogP contribution in [0.3, 0.4) is 0 Å². The minimum Gasteiger partial charge on any atom is -0.494 e. The van der Waals surface area contributed by atoms with E-state index in [0.29, 0.717) is 12.4 Å². The summed E-state index contributed by atoms with van der Waals surface area (Å²) in [5.41, 5.74) is 2.22. The smallest absolute Gasteiger partial charge is 0.119 e. The van der Waals surface area contributed by atoms with E-state index < -0.39 is 6.10 Å². The Morgan fingerprint density at radius 1 is 0.905 bits per heavy atom. The largest absolute Gasteiger partial charge is 0.494 e. The first-order valence-corrected chi connectivity index (χ1v) is 7.46. The lowest BCUT2D eigenvalue weighted by molar-refractivity contribution is 0.125. The van der Waals surface area contributed by atoms with Crippen LogP contribution < -0.4 is 9.47 Å².